The number of hydrogen-bond acceptors (Lipinski definition) is 3. The number of likely N-dealkylation sites (tertiary alicyclic amines) is 1. The van der Waals surface area contributed by atoms with Crippen LogP contribution in [0.1, 0.15) is 32.6 Å². The van der Waals surface area contributed by atoms with Crippen LogP contribution in [-0.2, 0) is 9.53 Å². The van der Waals surface area contributed by atoms with Gasteiger partial charge in [-0.15, -0.1) is 0 Å². The summed E-state index contributed by atoms with van der Waals surface area (Å²) in [6, 6.07) is -0.0583. The van der Waals surface area contributed by atoms with Crippen LogP contribution in [0.3, 0.4) is 0 Å². The Labute approximate surface area is 120 Å². The van der Waals surface area contributed by atoms with Gasteiger partial charge >= 0.3 is 6.03 Å². The van der Waals surface area contributed by atoms with E-state index in [0.29, 0.717) is 19.5 Å². The number of nitrogens with zero attached hydrogens (tertiary/aromatic N) is 1. The number of nitrogens with one attached hydrogen (secondary N) is 2. The average molecular weight is 283 g/mol. The minimum absolute atomic E-state index is 0.00534. The molecular weight excluding hydrogens is 258 g/mol. The van der Waals surface area contributed by atoms with Crippen molar-refractivity contribution >= 4 is 11.9 Å². The van der Waals surface area contributed by atoms with Crippen LogP contribution in [0.15, 0.2) is 0 Å². The summed E-state index contributed by atoms with van der Waals surface area (Å²) in [7, 11) is 0. The lowest BCUT2D eigenvalue weighted by Gasteiger charge is -2.22. The minimum atomic E-state index is -0.0583. The van der Waals surface area contributed by atoms with Crippen molar-refractivity contribution < 1.29 is 14.3 Å². The van der Waals surface area contributed by atoms with Gasteiger partial charge in [-0.2, -0.15) is 0 Å². The first-order chi connectivity index (χ1) is 9.65. The van der Waals surface area contributed by atoms with Gasteiger partial charge in [0.2, 0.25) is 5.91 Å². The first-order valence-corrected chi connectivity index (χ1v) is 7.52. The van der Waals surface area contributed by atoms with E-state index >= 15 is 0 Å². The summed E-state index contributed by atoms with van der Waals surface area (Å²) < 4.78 is 5.45. The highest BCUT2D eigenvalue weighted by Gasteiger charge is 2.42. The third kappa shape index (κ3) is 3.85. The van der Waals surface area contributed by atoms with Crippen LogP contribution < -0.4 is 10.6 Å². The summed E-state index contributed by atoms with van der Waals surface area (Å²) in [5.74, 6) is -0.00534. The summed E-state index contributed by atoms with van der Waals surface area (Å²) in [5.41, 5.74) is 0.190. The van der Waals surface area contributed by atoms with Gasteiger partial charge < -0.3 is 20.3 Å². The zero-order valence-electron chi connectivity index (χ0n) is 12.2. The summed E-state index contributed by atoms with van der Waals surface area (Å²) in [6.07, 6.45) is 3.34. The largest absolute Gasteiger partial charge is 0.381 e. The monoisotopic (exact) mass is 283 g/mol. The van der Waals surface area contributed by atoms with Gasteiger partial charge in [0.1, 0.15) is 0 Å². The van der Waals surface area contributed by atoms with Crippen molar-refractivity contribution in [1.82, 2.24) is 15.5 Å². The molecule has 2 N–H and O–H groups in total. The Morgan fingerprint density at radius 3 is 2.80 bits per heavy atom. The van der Waals surface area contributed by atoms with Crippen molar-refractivity contribution in [2.75, 3.05) is 39.4 Å². The molecule has 0 aromatic carbocycles. The Hall–Kier alpha value is -1.30. The molecule has 2 fully saturated rings. The molecule has 2 rings (SSSR count). The van der Waals surface area contributed by atoms with E-state index in [1.54, 1.807) is 0 Å². The highest BCUT2D eigenvalue weighted by Crippen LogP contribution is 2.37. The van der Waals surface area contributed by atoms with Gasteiger partial charge in [0, 0.05) is 44.6 Å². The second kappa shape index (κ2) is 6.92. The van der Waals surface area contributed by atoms with Crippen LogP contribution >= 0.6 is 0 Å². The first-order valence-electron chi connectivity index (χ1n) is 7.52. The van der Waals surface area contributed by atoms with Crippen LogP contribution in [0.4, 0.5) is 4.79 Å². The number of rotatable bonds is 5. The van der Waals surface area contributed by atoms with E-state index in [2.05, 4.69) is 10.6 Å². The first kappa shape index (κ1) is 15.1. The maximum Gasteiger partial charge on any atom is 0.317 e. The summed E-state index contributed by atoms with van der Waals surface area (Å²) in [4.78, 5) is 25.3. The van der Waals surface area contributed by atoms with Crippen molar-refractivity contribution in [3.8, 4) is 0 Å². The molecule has 1 unspecified atom stereocenters. The smallest absolute Gasteiger partial charge is 0.317 e. The third-order valence-corrected chi connectivity index (χ3v) is 4.11. The number of carbonyl (C=O) groups is 2. The Morgan fingerprint density at radius 1 is 1.25 bits per heavy atom. The number of ether oxygens (including phenoxy) is 1. The van der Waals surface area contributed by atoms with Crippen LogP contribution in [-0.4, -0.2) is 56.2 Å². The zero-order chi connectivity index (χ0) is 14.4. The molecule has 0 radical (unpaired) electrons. The van der Waals surface area contributed by atoms with E-state index in [9.17, 15) is 9.59 Å². The number of hydrogen-bond donors (Lipinski definition) is 2. The molecule has 2 saturated heterocycles. The van der Waals surface area contributed by atoms with Crippen molar-refractivity contribution in [2.24, 2.45) is 5.41 Å². The Bertz CT molecular complexity index is 354. The molecule has 114 valence electrons. The normalized spacial score (nSPS) is 25.1. The molecule has 2 aliphatic heterocycles. The second-order valence-corrected chi connectivity index (χ2v) is 5.81. The zero-order valence-corrected chi connectivity index (χ0v) is 12.2. The molecule has 2 aliphatic rings. The maximum absolute atomic E-state index is 12.0. The molecule has 0 saturated carbocycles. The van der Waals surface area contributed by atoms with Crippen molar-refractivity contribution in [1.29, 1.82) is 0 Å². The van der Waals surface area contributed by atoms with Gasteiger partial charge in [-0.1, -0.05) is 6.92 Å². The SMILES string of the molecule is CCCNC(=O)CCNC(=O)N1CCC2(CCOC2)C1. The fourth-order valence-corrected chi connectivity index (χ4v) is 2.83. The number of carbonyl (C=O) groups excluding carboxylic acids is 2. The Morgan fingerprint density at radius 2 is 2.10 bits per heavy atom. The van der Waals surface area contributed by atoms with E-state index < -0.39 is 0 Å². The standard InChI is InChI=1S/C14H25N3O3/c1-2-6-15-12(18)3-7-16-13(19)17-8-4-14(10-17)5-9-20-11-14/h2-11H2,1H3,(H,15,18)(H,16,19). The maximum atomic E-state index is 12.0. The fourth-order valence-electron chi connectivity index (χ4n) is 2.83. The van der Waals surface area contributed by atoms with E-state index in [4.69, 9.17) is 4.74 Å². The molecule has 6 heteroatoms. The second-order valence-electron chi connectivity index (χ2n) is 5.81. The molecule has 0 bridgehead atoms. The van der Waals surface area contributed by atoms with E-state index in [-0.39, 0.29) is 17.4 Å². The van der Waals surface area contributed by atoms with E-state index in [0.717, 1.165) is 45.6 Å². The lowest BCUT2D eigenvalue weighted by Crippen LogP contribution is -2.41. The average Bonchev–Trinajstić information content (AvgIpc) is 3.07. The lowest BCUT2D eigenvalue weighted by atomic mass is 9.87. The molecule has 20 heavy (non-hydrogen) atoms. The molecule has 6 nitrogen and oxygen atoms in total. The van der Waals surface area contributed by atoms with Gasteiger partial charge in [-0.3, -0.25) is 4.79 Å². The topological polar surface area (TPSA) is 70.7 Å². The van der Waals surface area contributed by atoms with Crippen LogP contribution in [0.2, 0.25) is 0 Å². The Balaban J connectivity index is 1.64. The summed E-state index contributed by atoms with van der Waals surface area (Å²) in [6.45, 7) is 6.26. The highest BCUT2D eigenvalue weighted by atomic mass is 16.5. The van der Waals surface area contributed by atoms with Gasteiger partial charge in [0.25, 0.3) is 0 Å². The van der Waals surface area contributed by atoms with Gasteiger partial charge in [0.15, 0.2) is 0 Å². The lowest BCUT2D eigenvalue weighted by molar-refractivity contribution is -0.120. The van der Waals surface area contributed by atoms with Crippen LogP contribution in [0, 0.1) is 5.41 Å². The van der Waals surface area contributed by atoms with Gasteiger partial charge in [-0.25, -0.2) is 4.79 Å². The molecule has 2 heterocycles. The predicted octanol–water partition coefficient (Wildman–Crippen LogP) is 0.725. The molecule has 0 aromatic heterocycles. The number of urea groups is 1. The minimum Gasteiger partial charge on any atom is -0.381 e. The molecule has 1 atom stereocenters. The predicted molar refractivity (Wildman–Crippen MR) is 75.4 cm³/mol. The van der Waals surface area contributed by atoms with Crippen molar-refractivity contribution in [2.45, 2.75) is 32.6 Å². The molecular formula is C14H25N3O3. The third-order valence-electron chi connectivity index (χ3n) is 4.11. The van der Waals surface area contributed by atoms with Crippen LogP contribution in [0.5, 0.6) is 0 Å². The molecule has 0 aliphatic carbocycles. The van der Waals surface area contributed by atoms with Crippen molar-refractivity contribution in [3.63, 3.8) is 0 Å². The van der Waals surface area contributed by atoms with Crippen molar-refractivity contribution in [3.05, 3.63) is 0 Å². The Kier molecular flexibility index (Phi) is 5.23. The van der Waals surface area contributed by atoms with Gasteiger partial charge in [0.05, 0.1) is 6.61 Å². The van der Waals surface area contributed by atoms with Crippen LogP contribution in [0.25, 0.3) is 0 Å². The number of amides is 3. The molecule has 3 amide bonds. The quantitative estimate of drug-likeness (QED) is 0.781. The summed E-state index contributed by atoms with van der Waals surface area (Å²) >= 11 is 0. The van der Waals surface area contributed by atoms with E-state index in [1.807, 2.05) is 11.8 Å². The van der Waals surface area contributed by atoms with E-state index in [1.165, 1.54) is 0 Å². The molecule has 0 aromatic rings. The summed E-state index contributed by atoms with van der Waals surface area (Å²) in [5, 5.41) is 5.62. The highest BCUT2D eigenvalue weighted by molar-refractivity contribution is 5.78. The fraction of sp³-hybridized carbons (Fsp3) is 0.857. The molecule has 1 spiro atoms. The van der Waals surface area contributed by atoms with Gasteiger partial charge in [-0.05, 0) is 19.3 Å².